The molecule has 0 saturated carbocycles. The van der Waals surface area contributed by atoms with Crippen LogP contribution in [-0.4, -0.2) is 13.4 Å². The maximum absolute atomic E-state index is 7.33. The van der Waals surface area contributed by atoms with Crippen LogP contribution >= 0.6 is 11.8 Å². The van der Waals surface area contributed by atoms with E-state index in [-0.39, 0.29) is 29.7 Å². The van der Waals surface area contributed by atoms with Crippen LogP contribution in [0.15, 0.2) is 286 Å². The molecular weight excluding hydrogens is 1210 g/mol. The Morgan fingerprint density at radius 1 is 0.306 bits per heavy atom. The molecule has 0 aliphatic carbocycles. The molecule has 0 spiro atoms. The van der Waals surface area contributed by atoms with E-state index in [4.69, 9.17) is 8.83 Å². The van der Waals surface area contributed by atoms with E-state index in [1.165, 1.54) is 59.3 Å². The summed E-state index contributed by atoms with van der Waals surface area (Å²) in [6, 6.07) is 101. The van der Waals surface area contributed by atoms with Gasteiger partial charge in [0.2, 0.25) is 6.71 Å². The molecule has 98 heavy (non-hydrogen) atoms. The minimum Gasteiger partial charge on any atom is -0.456 e. The lowest BCUT2D eigenvalue weighted by Crippen LogP contribution is -2.64. The SMILES string of the molecule is CC(C)(C)c1ccc(-c2ccccc2N2c3cc4c(cc3B3c5ccccc5Sc5c3c2cc2oc3ccccc3c52)B2c3ccccc3N(c3ccccc3)c3c2c(cc2oc5ccccc5c32)N4c2c(-c3ccc(C(C)(C)C)cc3)cccc2-c2ccc(C(C)(C)C)cc2)cc1. The summed E-state index contributed by atoms with van der Waals surface area (Å²) in [4.78, 5) is 10.3. The number of fused-ring (bicyclic) bond motifs is 16. The Labute approximate surface area is 578 Å². The summed E-state index contributed by atoms with van der Waals surface area (Å²) in [5.74, 6) is 0. The van der Waals surface area contributed by atoms with Crippen LogP contribution in [0.25, 0.3) is 77.3 Å². The first kappa shape index (κ1) is 58.7. The van der Waals surface area contributed by atoms with E-state index in [9.17, 15) is 0 Å². The predicted octanol–water partition coefficient (Wildman–Crippen LogP) is 21.2. The lowest BCUT2D eigenvalue weighted by atomic mass is 9.30. The van der Waals surface area contributed by atoms with E-state index in [1.807, 2.05) is 11.8 Å². The zero-order chi connectivity index (χ0) is 66.3. The summed E-state index contributed by atoms with van der Waals surface area (Å²) in [5, 5.41) is 4.47. The summed E-state index contributed by atoms with van der Waals surface area (Å²) in [6.45, 7) is 20.3. The molecule has 15 aromatic rings. The molecule has 0 radical (unpaired) electrons. The quantitative estimate of drug-likeness (QED) is 0.154. The fourth-order valence-corrected chi connectivity index (χ4v) is 17.9. The van der Waals surface area contributed by atoms with E-state index in [0.717, 1.165) is 128 Å². The van der Waals surface area contributed by atoms with Crippen LogP contribution in [0, 0.1) is 0 Å². The molecule has 2 aromatic heterocycles. The van der Waals surface area contributed by atoms with Crippen LogP contribution in [0.3, 0.4) is 0 Å². The average Bonchev–Trinajstić information content (AvgIpc) is 1.03. The zero-order valence-corrected chi connectivity index (χ0v) is 57.4. The summed E-state index contributed by atoms with van der Waals surface area (Å²) < 4.78 is 14.5. The molecule has 19 rings (SSSR count). The first-order chi connectivity index (χ1) is 47.5. The van der Waals surface area contributed by atoms with Crippen molar-refractivity contribution in [3.05, 3.63) is 284 Å². The van der Waals surface area contributed by atoms with Gasteiger partial charge < -0.3 is 23.5 Å². The third kappa shape index (κ3) is 8.82. The van der Waals surface area contributed by atoms with Gasteiger partial charge in [0, 0.05) is 88.9 Å². The number of anilines is 9. The molecule has 470 valence electrons. The second-order valence-electron chi connectivity index (χ2n) is 30.3. The number of hydrogen-bond donors (Lipinski definition) is 0. The maximum Gasteiger partial charge on any atom is 0.252 e. The van der Waals surface area contributed by atoms with Crippen molar-refractivity contribution in [1.82, 2.24) is 0 Å². The zero-order valence-electron chi connectivity index (χ0n) is 56.6. The molecule has 13 aromatic carbocycles. The van der Waals surface area contributed by atoms with E-state index < -0.39 is 0 Å². The minimum atomic E-state index is -0.241. The Hall–Kier alpha value is -10.7. The average molecular weight is 1280 g/mol. The predicted molar refractivity (Wildman–Crippen MR) is 417 cm³/mol. The van der Waals surface area contributed by atoms with Gasteiger partial charge in [0.15, 0.2) is 0 Å². The highest BCUT2D eigenvalue weighted by molar-refractivity contribution is 8.00. The molecule has 0 N–H and O–H groups in total. The van der Waals surface area contributed by atoms with Gasteiger partial charge in [-0.05, 0) is 125 Å². The van der Waals surface area contributed by atoms with Crippen LogP contribution in [0.4, 0.5) is 51.2 Å². The largest absolute Gasteiger partial charge is 0.456 e. The highest BCUT2D eigenvalue weighted by Crippen LogP contribution is 2.56. The lowest BCUT2D eigenvalue weighted by molar-refractivity contribution is 0.590. The van der Waals surface area contributed by atoms with Gasteiger partial charge in [-0.15, -0.1) is 0 Å². The number of nitrogens with zero attached hydrogens (tertiary/aromatic N) is 3. The van der Waals surface area contributed by atoms with Crippen molar-refractivity contribution in [3.63, 3.8) is 0 Å². The fraction of sp³-hybridized carbons (Fsp3) is 0.133. The Morgan fingerprint density at radius 3 is 1.37 bits per heavy atom. The monoisotopic (exact) mass is 1280 g/mol. The Morgan fingerprint density at radius 2 is 0.765 bits per heavy atom. The third-order valence-electron chi connectivity index (χ3n) is 21.4. The van der Waals surface area contributed by atoms with E-state index in [1.54, 1.807) is 0 Å². The van der Waals surface area contributed by atoms with E-state index in [2.05, 4.69) is 344 Å². The standard InChI is InChI=1S/C90H71B2N3O2S/c1-88(2,3)57-44-38-54(39-45-57)61-26-13-18-33-70(61)94-72-51-73-69(50-68(72)92-67-32-17-22-37-80(67)98-87-82-65-28-15-21-36-77(65)97-79(82)53-75(94)84(87)92)91-66-31-16-19-34-71(66)93(60-24-11-10-12-25-60)86-81-64-27-14-20-35-76(64)96-78(81)52-74(83(86)91)95(73)85-62(55-40-46-58(47-41-55)89(4,5)6)29-23-30-63(85)56-42-48-59(49-43-56)90(7,8)9/h10-53H,1-9H3. The molecule has 0 bridgehead atoms. The molecular formula is C90H71B2N3O2S. The minimum absolute atomic E-state index is 0.0165. The molecule has 0 atom stereocenters. The Balaban J connectivity index is 0.995. The molecule has 0 amide bonds. The van der Waals surface area contributed by atoms with E-state index in [0.29, 0.717) is 0 Å². The van der Waals surface area contributed by atoms with Crippen LogP contribution in [0.1, 0.15) is 79.0 Å². The highest BCUT2D eigenvalue weighted by Gasteiger charge is 2.50. The molecule has 6 heterocycles. The van der Waals surface area contributed by atoms with Gasteiger partial charge in [0.05, 0.1) is 22.4 Å². The molecule has 4 aliphatic heterocycles. The highest BCUT2D eigenvalue weighted by atomic mass is 32.2. The van der Waals surface area contributed by atoms with Crippen LogP contribution < -0.4 is 47.5 Å². The summed E-state index contributed by atoms with van der Waals surface area (Å²) >= 11 is 1.89. The number of para-hydroxylation sites is 6. The van der Waals surface area contributed by atoms with Gasteiger partial charge in [0.1, 0.15) is 22.3 Å². The van der Waals surface area contributed by atoms with Crippen molar-refractivity contribution in [1.29, 1.82) is 0 Å². The fourth-order valence-electron chi connectivity index (χ4n) is 16.6. The van der Waals surface area contributed by atoms with Crippen LogP contribution in [0.2, 0.25) is 0 Å². The molecule has 4 aliphatic rings. The second kappa shape index (κ2) is 21.4. The van der Waals surface area contributed by atoms with Gasteiger partial charge in [0.25, 0.3) is 6.71 Å². The number of furan rings is 2. The van der Waals surface area contributed by atoms with Crippen LogP contribution in [-0.2, 0) is 16.2 Å². The smallest absolute Gasteiger partial charge is 0.252 e. The summed E-state index contributed by atoms with van der Waals surface area (Å²) in [5.41, 5.74) is 31.5. The third-order valence-corrected chi connectivity index (χ3v) is 22.6. The second-order valence-corrected chi connectivity index (χ2v) is 31.4. The van der Waals surface area contributed by atoms with Gasteiger partial charge in [-0.1, -0.05) is 286 Å². The van der Waals surface area contributed by atoms with Crippen molar-refractivity contribution in [2.24, 2.45) is 0 Å². The van der Waals surface area contributed by atoms with Crippen molar-refractivity contribution < 1.29 is 8.83 Å². The summed E-state index contributed by atoms with van der Waals surface area (Å²) in [7, 11) is 0. The van der Waals surface area contributed by atoms with Gasteiger partial charge in [-0.25, -0.2) is 0 Å². The summed E-state index contributed by atoms with van der Waals surface area (Å²) in [6.07, 6.45) is 0. The molecule has 0 unspecified atom stereocenters. The number of hydrogen-bond acceptors (Lipinski definition) is 6. The Kier molecular flexibility index (Phi) is 12.8. The van der Waals surface area contributed by atoms with Gasteiger partial charge in [-0.3, -0.25) is 0 Å². The van der Waals surface area contributed by atoms with Crippen molar-refractivity contribution in [2.75, 3.05) is 14.7 Å². The number of benzene rings is 13. The molecule has 0 fully saturated rings. The van der Waals surface area contributed by atoms with Crippen molar-refractivity contribution in [3.8, 4) is 33.4 Å². The first-order valence-electron chi connectivity index (χ1n) is 34.5. The Bertz CT molecular complexity index is 5740. The lowest BCUT2D eigenvalue weighted by Gasteiger charge is -2.47. The molecule has 0 saturated heterocycles. The van der Waals surface area contributed by atoms with Gasteiger partial charge >= 0.3 is 0 Å². The maximum atomic E-state index is 7.33. The van der Waals surface area contributed by atoms with Crippen LogP contribution in [0.5, 0.6) is 0 Å². The normalized spacial score (nSPS) is 13.8. The van der Waals surface area contributed by atoms with E-state index >= 15 is 0 Å². The van der Waals surface area contributed by atoms with Gasteiger partial charge in [-0.2, -0.15) is 0 Å². The topological polar surface area (TPSA) is 36.0 Å². The molecule has 8 heteroatoms. The molecule has 5 nitrogen and oxygen atoms in total. The van der Waals surface area contributed by atoms with Crippen molar-refractivity contribution in [2.45, 2.75) is 88.3 Å². The van der Waals surface area contributed by atoms with Crippen molar-refractivity contribution >= 4 is 153 Å². The first-order valence-corrected chi connectivity index (χ1v) is 35.4. The number of rotatable bonds is 6.